The molecule has 3 amide bonds. The minimum atomic E-state index is -3.87. The number of methoxy groups -OCH3 is 3. The number of carbonyl (C=O) groups excluding carboxylic acids is 7. The molecule has 0 saturated heterocycles. The molecule has 19 nitrogen and oxygen atoms in total. The van der Waals surface area contributed by atoms with Crippen LogP contribution in [0, 0.1) is 0 Å². The van der Waals surface area contributed by atoms with Crippen LogP contribution in [-0.2, 0) is 61.2 Å². The maximum Gasteiger partial charge on any atom is 0.412 e. The summed E-state index contributed by atoms with van der Waals surface area (Å²) >= 11 is 0. The molecule has 0 aliphatic carbocycles. The molecular formula is C56H102N3O16P. The van der Waals surface area contributed by atoms with Crippen LogP contribution in [0.25, 0.3) is 0 Å². The van der Waals surface area contributed by atoms with E-state index in [4.69, 9.17) is 18.9 Å². The first-order chi connectivity index (χ1) is 35.6. The van der Waals surface area contributed by atoms with Crippen LogP contribution in [0.4, 0.5) is 14.4 Å². The van der Waals surface area contributed by atoms with Crippen molar-refractivity contribution < 1.29 is 75.6 Å². The zero-order valence-electron chi connectivity index (χ0n) is 49.7. The molecule has 2 atom stereocenters. The van der Waals surface area contributed by atoms with Crippen LogP contribution >= 0.6 is 7.60 Å². The molecule has 0 aromatic carbocycles. The van der Waals surface area contributed by atoms with E-state index in [-0.39, 0.29) is 5.70 Å². The maximum atomic E-state index is 12.1. The van der Waals surface area contributed by atoms with Crippen molar-refractivity contribution in [3.05, 3.63) is 48.2 Å². The van der Waals surface area contributed by atoms with Crippen molar-refractivity contribution in [3.63, 3.8) is 0 Å². The first kappa shape index (κ1) is 77.5. The third-order valence-electron chi connectivity index (χ3n) is 9.54. The Morgan fingerprint density at radius 1 is 0.474 bits per heavy atom. The lowest BCUT2D eigenvalue weighted by Crippen LogP contribution is -2.44. The molecule has 0 aliphatic rings. The molecule has 0 aromatic heterocycles. The van der Waals surface area contributed by atoms with Gasteiger partial charge in [0.25, 0.3) is 0 Å². The lowest BCUT2D eigenvalue weighted by atomic mass is 10.1. The summed E-state index contributed by atoms with van der Waals surface area (Å²) in [6.45, 7) is 22.1. The minimum absolute atomic E-state index is 0.112. The van der Waals surface area contributed by atoms with Crippen LogP contribution in [0.2, 0.25) is 0 Å². The van der Waals surface area contributed by atoms with Crippen molar-refractivity contribution in [3.8, 4) is 0 Å². The van der Waals surface area contributed by atoms with Crippen LogP contribution in [0.1, 0.15) is 205 Å². The summed E-state index contributed by atoms with van der Waals surface area (Å²) in [6.07, 6.45) is 33.2. The fraction of sp³-hybridized carbons (Fsp3) is 0.732. The number of amides is 3. The number of alkyl carbamates (subject to hydrolysis) is 3. The largest absolute Gasteiger partial charge is 0.467 e. The normalized spacial score (nSPS) is 12.6. The Balaban J connectivity index is -0.000000468. The molecule has 0 bridgehead atoms. The van der Waals surface area contributed by atoms with Gasteiger partial charge < -0.3 is 47.6 Å². The molecule has 3 N–H and O–H groups in total. The van der Waals surface area contributed by atoms with Crippen molar-refractivity contribution in [2.24, 2.45) is 0 Å². The van der Waals surface area contributed by atoms with E-state index < -0.39 is 72.4 Å². The van der Waals surface area contributed by atoms with Crippen molar-refractivity contribution in [2.45, 2.75) is 234 Å². The molecule has 0 aromatic rings. The molecular weight excluding hydrogens is 1000 g/mol. The molecule has 0 fully saturated rings. The Labute approximate surface area is 457 Å². The first-order valence-corrected chi connectivity index (χ1v) is 28.2. The summed E-state index contributed by atoms with van der Waals surface area (Å²) in [4.78, 5) is 80.0. The number of esters is 3. The summed E-state index contributed by atoms with van der Waals surface area (Å²) in [5.74, 6) is -3.58. The standard InChI is InChI=1S/C18H33NO4.C18H31NO4.C10H20NO7P.C10H18O/c2*1-6-7-8-9-10-11-12-13-14-15(16(20)22-5)19-17(21)23-18(2,3)4;1-10(2,3)18-9(13)11-7(8(12)15-4)19(14,16-5)17-6;1-2-3-4-5-6-7-8-9-10-11/h10-11,15H,6-9,12-14H2,1-5H3,(H,19,21);10-11,14H,6-9,12-13H2,1-5H3,(H,19,21);7H,1-6H3,(H,11,13);6-7,10H,2-5,8-9H2,1H3/b11-10+;11-10+,15-14-;;7-6+/t15-;;;/m1.../s1. The van der Waals surface area contributed by atoms with Crippen molar-refractivity contribution in [2.75, 3.05) is 35.5 Å². The smallest absolute Gasteiger partial charge is 0.412 e. The van der Waals surface area contributed by atoms with Crippen LogP contribution in [-0.4, -0.2) is 107 Å². The predicted molar refractivity (Wildman–Crippen MR) is 300 cm³/mol. The lowest BCUT2D eigenvalue weighted by Gasteiger charge is -2.25. The minimum Gasteiger partial charge on any atom is -0.467 e. The molecule has 0 spiro atoms. The Kier molecular flexibility index (Phi) is 48.2. The number of hydrogen-bond donors (Lipinski definition) is 3. The van der Waals surface area contributed by atoms with Crippen molar-refractivity contribution in [1.82, 2.24) is 16.0 Å². The average Bonchev–Trinajstić information content (AvgIpc) is 3.34. The quantitative estimate of drug-likeness (QED) is 0.0111. The van der Waals surface area contributed by atoms with Gasteiger partial charge in [0.1, 0.15) is 34.8 Å². The molecule has 0 saturated carbocycles. The van der Waals surface area contributed by atoms with Crippen LogP contribution in [0.15, 0.2) is 48.2 Å². The number of hydrogen-bond acceptors (Lipinski definition) is 16. The van der Waals surface area contributed by atoms with Gasteiger partial charge in [0, 0.05) is 20.6 Å². The van der Waals surface area contributed by atoms with Gasteiger partial charge in [0.2, 0.25) is 5.78 Å². The Morgan fingerprint density at radius 2 is 0.855 bits per heavy atom. The number of allylic oxidation sites excluding steroid dienone is 7. The zero-order chi connectivity index (χ0) is 59.1. The number of aldehydes is 1. The van der Waals surface area contributed by atoms with E-state index in [1.165, 1.54) is 78.4 Å². The van der Waals surface area contributed by atoms with Gasteiger partial charge in [-0.15, -0.1) is 0 Å². The van der Waals surface area contributed by atoms with E-state index >= 15 is 0 Å². The molecule has 0 heterocycles. The Morgan fingerprint density at radius 3 is 1.22 bits per heavy atom. The van der Waals surface area contributed by atoms with Crippen LogP contribution in [0.5, 0.6) is 0 Å². The topological polar surface area (TPSA) is 246 Å². The number of ether oxygens (including phenoxy) is 6. The fourth-order valence-electron chi connectivity index (χ4n) is 5.80. The Hall–Kier alpha value is -5.00. The average molecular weight is 1100 g/mol. The van der Waals surface area contributed by atoms with Crippen LogP contribution < -0.4 is 16.0 Å². The summed E-state index contributed by atoms with van der Waals surface area (Å²) in [7, 11) is 2.00. The van der Waals surface area contributed by atoms with Gasteiger partial charge >= 0.3 is 43.8 Å². The molecule has 20 heteroatoms. The second-order valence-corrected chi connectivity index (χ2v) is 22.4. The predicted octanol–water partition coefficient (Wildman–Crippen LogP) is 13.4. The van der Waals surface area contributed by atoms with Gasteiger partial charge in [0.15, 0.2) is 0 Å². The molecule has 0 aliphatic heterocycles. The zero-order valence-corrected chi connectivity index (χ0v) is 50.6. The highest BCUT2D eigenvalue weighted by Gasteiger charge is 2.43. The van der Waals surface area contributed by atoms with Gasteiger partial charge in [-0.2, -0.15) is 0 Å². The van der Waals surface area contributed by atoms with Gasteiger partial charge in [-0.25, -0.2) is 28.8 Å². The van der Waals surface area contributed by atoms with Crippen molar-refractivity contribution in [1.29, 1.82) is 0 Å². The van der Waals surface area contributed by atoms with E-state index in [9.17, 15) is 38.1 Å². The summed E-state index contributed by atoms with van der Waals surface area (Å²) < 4.78 is 50.6. The summed E-state index contributed by atoms with van der Waals surface area (Å²) in [6, 6.07) is -0.664. The number of unbranched alkanes of at least 4 members (excludes halogenated alkanes) is 12. The number of nitrogens with one attached hydrogen (secondary N) is 3. The van der Waals surface area contributed by atoms with E-state index in [0.717, 1.165) is 66.1 Å². The first-order valence-electron chi connectivity index (χ1n) is 26.6. The maximum absolute atomic E-state index is 12.1. The molecule has 0 rings (SSSR count). The number of rotatable bonds is 31. The summed E-state index contributed by atoms with van der Waals surface area (Å²) in [5.41, 5.74) is -1.87. The Bertz CT molecular complexity index is 1750. The van der Waals surface area contributed by atoms with E-state index in [1.54, 1.807) is 68.4 Å². The van der Waals surface area contributed by atoms with Gasteiger partial charge in [-0.1, -0.05) is 102 Å². The van der Waals surface area contributed by atoms with E-state index in [1.807, 2.05) is 0 Å². The third kappa shape index (κ3) is 49.9. The monoisotopic (exact) mass is 1100 g/mol. The second kappa shape index (κ2) is 47.2. The lowest BCUT2D eigenvalue weighted by molar-refractivity contribution is -0.143. The number of carbonyl (C=O) groups is 7. The highest BCUT2D eigenvalue weighted by Crippen LogP contribution is 2.50. The van der Waals surface area contributed by atoms with Gasteiger partial charge in [0.05, 0.1) is 21.3 Å². The van der Waals surface area contributed by atoms with Crippen molar-refractivity contribution >= 4 is 50.1 Å². The van der Waals surface area contributed by atoms with Gasteiger partial charge in [-0.3, -0.25) is 15.2 Å². The molecule has 76 heavy (non-hydrogen) atoms. The SMILES string of the molecule is CCCCC/C=C/CC/C=C(\NC(=O)OC(C)(C)C)C(=O)OC.CCCCC/C=C/CCC=O.CCCCC/C=C/CCC[C@@H](NC(=O)OC(C)(C)C)C(=O)OC.COC(=O)C(NC(=O)OC(C)(C)C)P(=O)(OC)OC. The fourth-order valence-corrected chi connectivity index (χ4v) is 7.00. The van der Waals surface area contributed by atoms with Crippen LogP contribution in [0.3, 0.4) is 0 Å². The third-order valence-corrected chi connectivity index (χ3v) is 11.5. The highest BCUT2D eigenvalue weighted by molar-refractivity contribution is 7.55. The molecule has 0 radical (unpaired) electrons. The van der Waals surface area contributed by atoms with E-state index in [0.29, 0.717) is 19.3 Å². The highest BCUT2D eigenvalue weighted by atomic mass is 31.2. The molecule has 442 valence electrons. The summed E-state index contributed by atoms with van der Waals surface area (Å²) in [5, 5.41) is 7.15. The van der Waals surface area contributed by atoms with Gasteiger partial charge in [-0.05, 0) is 139 Å². The van der Waals surface area contributed by atoms with E-state index in [2.05, 4.69) is 91.7 Å². The second-order valence-electron chi connectivity index (χ2n) is 20.1. The molecule has 1 unspecified atom stereocenters.